The van der Waals surface area contributed by atoms with Crippen molar-refractivity contribution in [2.75, 3.05) is 11.9 Å². The van der Waals surface area contributed by atoms with Gasteiger partial charge in [-0.25, -0.2) is 4.79 Å². The van der Waals surface area contributed by atoms with Gasteiger partial charge in [-0.15, -0.1) is 0 Å². The predicted octanol–water partition coefficient (Wildman–Crippen LogP) is 3.39. The van der Waals surface area contributed by atoms with E-state index in [2.05, 4.69) is 15.9 Å². The van der Waals surface area contributed by atoms with E-state index in [-0.39, 0.29) is 5.97 Å². The van der Waals surface area contributed by atoms with Gasteiger partial charge in [-0.2, -0.15) is 0 Å². The van der Waals surface area contributed by atoms with Crippen LogP contribution in [0.25, 0.3) is 10.8 Å². The van der Waals surface area contributed by atoms with E-state index in [0.717, 1.165) is 10.8 Å². The Hall–Kier alpha value is -1.35. The van der Waals surface area contributed by atoms with Crippen molar-refractivity contribution in [2.45, 2.75) is 0 Å². The molecule has 0 saturated heterocycles. The van der Waals surface area contributed by atoms with Crippen molar-refractivity contribution >= 4 is 32.7 Å². The summed E-state index contributed by atoms with van der Waals surface area (Å²) in [4.78, 5) is 11.8. The number of benzene rings is 2. The monoisotopic (exact) mass is 278 g/mol. The number of halogens is 1. The third-order valence-electron chi connectivity index (χ3n) is 2.32. The first-order valence-corrected chi connectivity index (χ1v) is 6.16. The minimum Gasteiger partial charge on any atom is -0.461 e. The Morgan fingerprint density at radius 3 is 2.69 bits per heavy atom. The van der Waals surface area contributed by atoms with Gasteiger partial charge in [-0.1, -0.05) is 52.3 Å². The molecule has 0 spiro atoms. The molecule has 0 fully saturated rings. The van der Waals surface area contributed by atoms with E-state index in [4.69, 9.17) is 4.74 Å². The third kappa shape index (κ3) is 2.25. The lowest BCUT2D eigenvalue weighted by Gasteiger charge is -2.05. The van der Waals surface area contributed by atoms with E-state index < -0.39 is 0 Å². The zero-order valence-electron chi connectivity index (χ0n) is 8.65. The predicted molar refractivity (Wildman–Crippen MR) is 68.0 cm³/mol. The van der Waals surface area contributed by atoms with Crippen LogP contribution in [-0.4, -0.2) is 17.9 Å². The molecule has 0 amide bonds. The van der Waals surface area contributed by atoms with Crippen molar-refractivity contribution in [1.82, 2.24) is 0 Å². The number of hydrogen-bond donors (Lipinski definition) is 0. The third-order valence-corrected chi connectivity index (χ3v) is 2.64. The van der Waals surface area contributed by atoms with Gasteiger partial charge in [0, 0.05) is 5.33 Å². The number of hydrogen-bond acceptors (Lipinski definition) is 2. The molecule has 0 bridgehead atoms. The molecular weight excluding hydrogens is 268 g/mol. The summed E-state index contributed by atoms with van der Waals surface area (Å²) in [5.74, 6) is -0.267. The highest BCUT2D eigenvalue weighted by Gasteiger charge is 2.09. The second-order valence-corrected chi connectivity index (χ2v) is 4.14. The van der Waals surface area contributed by atoms with Gasteiger partial charge >= 0.3 is 5.97 Å². The molecule has 2 aromatic carbocycles. The molecule has 0 unspecified atom stereocenters. The number of rotatable bonds is 3. The first-order valence-electron chi connectivity index (χ1n) is 5.04. The van der Waals surface area contributed by atoms with Gasteiger partial charge in [0.15, 0.2) is 0 Å². The Kier molecular flexibility index (Phi) is 3.57. The first kappa shape index (κ1) is 11.1. The lowest BCUT2D eigenvalue weighted by atomic mass is 10.1. The van der Waals surface area contributed by atoms with E-state index in [9.17, 15) is 4.79 Å². The molecule has 0 radical (unpaired) electrons. The van der Waals surface area contributed by atoms with Crippen LogP contribution in [0.1, 0.15) is 10.4 Å². The Morgan fingerprint density at radius 1 is 1.12 bits per heavy atom. The van der Waals surface area contributed by atoms with Crippen LogP contribution in [0.15, 0.2) is 42.5 Å². The molecule has 0 aromatic heterocycles. The molecule has 82 valence electrons. The van der Waals surface area contributed by atoms with Gasteiger partial charge in [0.25, 0.3) is 0 Å². The Balaban J connectivity index is 2.40. The average Bonchev–Trinajstić information content (AvgIpc) is 2.35. The molecule has 0 N–H and O–H groups in total. The van der Waals surface area contributed by atoms with Crippen molar-refractivity contribution in [1.29, 1.82) is 0 Å². The van der Waals surface area contributed by atoms with Crippen LogP contribution in [0.2, 0.25) is 0 Å². The van der Waals surface area contributed by atoms with Crippen LogP contribution in [-0.2, 0) is 4.74 Å². The Bertz CT molecular complexity index is 503. The number of fused-ring (bicyclic) bond motifs is 1. The summed E-state index contributed by atoms with van der Waals surface area (Å²) in [5.41, 5.74) is 0.624. The second-order valence-electron chi connectivity index (χ2n) is 3.35. The van der Waals surface area contributed by atoms with Gasteiger partial charge < -0.3 is 4.74 Å². The van der Waals surface area contributed by atoms with Crippen molar-refractivity contribution in [3.8, 4) is 0 Å². The summed E-state index contributed by atoms with van der Waals surface area (Å²) < 4.78 is 5.10. The van der Waals surface area contributed by atoms with E-state index in [1.165, 1.54) is 0 Å². The fraction of sp³-hybridized carbons (Fsp3) is 0.154. The fourth-order valence-electron chi connectivity index (χ4n) is 1.61. The number of carbonyl (C=O) groups is 1. The van der Waals surface area contributed by atoms with Gasteiger partial charge in [-0.05, 0) is 16.8 Å². The highest BCUT2D eigenvalue weighted by molar-refractivity contribution is 9.09. The first-order chi connectivity index (χ1) is 7.83. The van der Waals surface area contributed by atoms with Crippen molar-refractivity contribution < 1.29 is 9.53 Å². The van der Waals surface area contributed by atoms with Gasteiger partial charge in [-0.3, -0.25) is 0 Å². The van der Waals surface area contributed by atoms with E-state index in [1.54, 1.807) is 6.07 Å². The van der Waals surface area contributed by atoms with E-state index >= 15 is 0 Å². The van der Waals surface area contributed by atoms with Crippen molar-refractivity contribution in [3.63, 3.8) is 0 Å². The molecule has 0 aliphatic rings. The smallest absolute Gasteiger partial charge is 0.338 e. The number of carbonyl (C=O) groups excluding carboxylic acids is 1. The maximum absolute atomic E-state index is 11.8. The topological polar surface area (TPSA) is 26.3 Å². The minimum absolute atomic E-state index is 0.267. The molecule has 0 aliphatic heterocycles. The zero-order valence-corrected chi connectivity index (χ0v) is 10.2. The van der Waals surface area contributed by atoms with Crippen LogP contribution >= 0.6 is 15.9 Å². The molecular formula is C13H11BrO2. The van der Waals surface area contributed by atoms with Crippen LogP contribution in [0.4, 0.5) is 0 Å². The quantitative estimate of drug-likeness (QED) is 0.636. The highest BCUT2D eigenvalue weighted by atomic mass is 79.9. The molecule has 0 atom stereocenters. The molecule has 0 saturated carbocycles. The van der Waals surface area contributed by atoms with Crippen LogP contribution < -0.4 is 0 Å². The van der Waals surface area contributed by atoms with Crippen LogP contribution in [0, 0.1) is 0 Å². The number of esters is 1. The lowest BCUT2D eigenvalue weighted by molar-refractivity contribution is 0.0533. The number of ether oxygens (including phenoxy) is 1. The SMILES string of the molecule is O=C(OCCBr)c1cccc2ccccc12. The standard InChI is InChI=1S/C13H11BrO2/c14-8-9-16-13(15)12-7-3-5-10-4-1-2-6-11(10)12/h1-7H,8-9H2. The van der Waals surface area contributed by atoms with Crippen molar-refractivity contribution in [3.05, 3.63) is 48.0 Å². The summed E-state index contributed by atoms with van der Waals surface area (Å²) in [6, 6.07) is 13.4. The summed E-state index contributed by atoms with van der Waals surface area (Å²) in [6.07, 6.45) is 0. The summed E-state index contributed by atoms with van der Waals surface area (Å²) >= 11 is 3.22. The van der Waals surface area contributed by atoms with Gasteiger partial charge in [0.1, 0.15) is 6.61 Å². The van der Waals surface area contributed by atoms with Gasteiger partial charge in [0.2, 0.25) is 0 Å². The van der Waals surface area contributed by atoms with E-state index in [1.807, 2.05) is 36.4 Å². The van der Waals surface area contributed by atoms with E-state index in [0.29, 0.717) is 17.5 Å². The van der Waals surface area contributed by atoms with Gasteiger partial charge in [0.05, 0.1) is 5.56 Å². The average molecular weight is 279 g/mol. The summed E-state index contributed by atoms with van der Waals surface area (Å²) in [6.45, 7) is 0.391. The molecule has 0 aliphatic carbocycles. The maximum atomic E-state index is 11.8. The maximum Gasteiger partial charge on any atom is 0.338 e. The Morgan fingerprint density at radius 2 is 1.88 bits per heavy atom. The normalized spacial score (nSPS) is 10.3. The summed E-state index contributed by atoms with van der Waals surface area (Å²) in [5, 5.41) is 2.64. The molecule has 16 heavy (non-hydrogen) atoms. The Labute approximate surface area is 102 Å². The van der Waals surface area contributed by atoms with Crippen LogP contribution in [0.3, 0.4) is 0 Å². The largest absolute Gasteiger partial charge is 0.461 e. The van der Waals surface area contributed by atoms with Crippen LogP contribution in [0.5, 0.6) is 0 Å². The molecule has 2 aromatic rings. The molecule has 2 rings (SSSR count). The zero-order chi connectivity index (χ0) is 11.4. The number of alkyl halides is 1. The molecule has 2 nitrogen and oxygen atoms in total. The second kappa shape index (κ2) is 5.12. The fourth-order valence-corrected chi connectivity index (χ4v) is 1.77. The minimum atomic E-state index is -0.267. The van der Waals surface area contributed by atoms with Crippen molar-refractivity contribution in [2.24, 2.45) is 0 Å². The summed E-state index contributed by atoms with van der Waals surface area (Å²) in [7, 11) is 0. The highest BCUT2D eigenvalue weighted by Crippen LogP contribution is 2.19. The lowest BCUT2D eigenvalue weighted by Crippen LogP contribution is -2.07. The molecule has 3 heteroatoms. The molecule has 0 heterocycles.